The Balaban J connectivity index is 0.000000400. The van der Waals surface area contributed by atoms with E-state index in [1.54, 1.807) is 0 Å². The summed E-state index contributed by atoms with van der Waals surface area (Å²) in [6, 6.07) is 4.70. The maximum Gasteiger partial charge on any atom is 0.527 e. The van der Waals surface area contributed by atoms with Crippen LogP contribution >= 0.6 is 0 Å². The zero-order chi connectivity index (χ0) is 16.5. The molecule has 0 aliphatic rings. The number of aromatic carboxylic acids is 1. The molecule has 0 aliphatic heterocycles. The molecule has 0 spiro atoms. The minimum Gasteiger partial charge on any atom is -0.478 e. The molecule has 0 aliphatic carbocycles. The molecule has 1 rings (SSSR count). The first-order chi connectivity index (χ1) is 9.85. The third-order valence-electron chi connectivity index (χ3n) is 2.45. The summed E-state index contributed by atoms with van der Waals surface area (Å²) in [5, 5.41) is 27.2. The highest BCUT2D eigenvalue weighted by Crippen LogP contribution is 2.11. The molecule has 0 saturated heterocycles. The molecule has 9 nitrogen and oxygen atoms in total. The monoisotopic (exact) mass is 319 g/mol. The van der Waals surface area contributed by atoms with Crippen LogP contribution < -0.4 is 0 Å². The van der Waals surface area contributed by atoms with Gasteiger partial charge in [-0.05, 0) is 12.1 Å². The number of non-ortho nitro benzene ring substituents is 1. The van der Waals surface area contributed by atoms with Crippen molar-refractivity contribution in [2.24, 2.45) is 0 Å². The number of hydrogen-bond acceptors (Lipinski definition) is 7. The van der Waals surface area contributed by atoms with Crippen LogP contribution in [0.25, 0.3) is 0 Å². The van der Waals surface area contributed by atoms with Crippen LogP contribution in [-0.4, -0.2) is 57.5 Å². The summed E-state index contributed by atoms with van der Waals surface area (Å²) in [4.78, 5) is 19.9. The second kappa shape index (κ2) is 9.15. The molecule has 0 amide bonds. The van der Waals surface area contributed by atoms with Gasteiger partial charge in [-0.15, -0.1) is 0 Å². The van der Waals surface area contributed by atoms with E-state index in [4.69, 9.17) is 23.5 Å². The van der Waals surface area contributed by atoms with E-state index in [0.29, 0.717) is 0 Å². The number of carboxylic acid groups (broad SMARTS) is 1. The number of carbonyl (C=O) groups is 1. The fraction of sp³-hybridized carbons (Fsp3) is 0.364. The Morgan fingerprint density at radius 2 is 1.62 bits per heavy atom. The Morgan fingerprint density at radius 1 is 1.19 bits per heavy atom. The molecule has 0 bridgehead atoms. The van der Waals surface area contributed by atoms with Gasteiger partial charge in [0, 0.05) is 33.5 Å². The van der Waals surface area contributed by atoms with E-state index in [2.05, 4.69) is 0 Å². The summed E-state index contributed by atoms with van der Waals surface area (Å²) < 4.78 is 14.5. The van der Waals surface area contributed by atoms with Crippen molar-refractivity contribution < 1.29 is 33.2 Å². The fourth-order valence-electron chi connectivity index (χ4n) is 1.17. The fourth-order valence-corrected chi connectivity index (χ4v) is 2.06. The van der Waals surface area contributed by atoms with Crippen LogP contribution in [0.2, 0.25) is 0 Å². The third kappa shape index (κ3) is 5.97. The number of nitrogens with zero attached hydrogens (tertiary/aromatic N) is 1. The zero-order valence-corrected chi connectivity index (χ0v) is 12.8. The third-order valence-corrected chi connectivity index (χ3v) is 4.71. The van der Waals surface area contributed by atoms with Gasteiger partial charge < -0.3 is 23.5 Å². The van der Waals surface area contributed by atoms with E-state index >= 15 is 0 Å². The molecule has 0 fully saturated rings. The summed E-state index contributed by atoms with van der Waals surface area (Å²) in [7, 11) is 1.73. The van der Waals surface area contributed by atoms with Crippen LogP contribution in [0.3, 0.4) is 0 Å². The van der Waals surface area contributed by atoms with Crippen LogP contribution in [0.5, 0.6) is 0 Å². The van der Waals surface area contributed by atoms with Gasteiger partial charge in [-0.1, -0.05) is 0 Å². The maximum absolute atomic E-state index is 10.3. The number of aliphatic hydroxyl groups excluding tert-OH is 1. The molecule has 0 radical (unpaired) electrons. The van der Waals surface area contributed by atoms with E-state index in [0.717, 1.165) is 12.1 Å². The number of rotatable bonds is 6. The molecular weight excluding hydrogens is 302 g/mol. The van der Waals surface area contributed by atoms with Crippen molar-refractivity contribution in [3.05, 3.63) is 39.9 Å². The highest BCUT2D eigenvalue weighted by molar-refractivity contribution is 6.60. The van der Waals surface area contributed by atoms with E-state index in [1.165, 1.54) is 33.5 Å². The van der Waals surface area contributed by atoms with Gasteiger partial charge in [0.2, 0.25) is 0 Å². The Hall–Kier alpha value is -1.85. The normalized spacial score (nSPS) is 10.5. The number of benzene rings is 1. The Morgan fingerprint density at radius 3 is 1.81 bits per heavy atom. The van der Waals surface area contributed by atoms with Gasteiger partial charge in [0.25, 0.3) is 5.69 Å². The zero-order valence-electron chi connectivity index (χ0n) is 11.8. The quantitative estimate of drug-likeness (QED) is 0.445. The molecule has 0 unspecified atom stereocenters. The van der Waals surface area contributed by atoms with Gasteiger partial charge in [-0.2, -0.15) is 0 Å². The highest BCUT2D eigenvalue weighted by atomic mass is 28.4. The van der Waals surface area contributed by atoms with E-state index < -0.39 is 19.7 Å². The second-order valence-electron chi connectivity index (χ2n) is 3.56. The first kappa shape index (κ1) is 19.1. The average molecular weight is 319 g/mol. The van der Waals surface area contributed by atoms with Crippen molar-refractivity contribution in [2.45, 2.75) is 0 Å². The van der Waals surface area contributed by atoms with Crippen LogP contribution in [0.15, 0.2) is 24.3 Å². The largest absolute Gasteiger partial charge is 0.527 e. The lowest BCUT2D eigenvalue weighted by atomic mass is 10.2. The van der Waals surface area contributed by atoms with Crippen molar-refractivity contribution >= 4 is 20.5 Å². The predicted octanol–water partition coefficient (Wildman–Crippen LogP) is 0.689. The number of nitro groups is 1. The Bertz CT molecular complexity index is 409. The summed E-state index contributed by atoms with van der Waals surface area (Å²) in [6.45, 7) is 0. The van der Waals surface area contributed by atoms with Crippen molar-refractivity contribution in [1.29, 1.82) is 0 Å². The standard InChI is InChI=1S/C7H5NO4.C4H12O4Si/c9-7(10)5-1-3-6(4-2-5)8(11)12;1-6-9(4-5,7-2)8-3/h1-4H,(H,9,10);5H,4H2,1-3H3. The van der Waals surface area contributed by atoms with E-state index in [1.807, 2.05) is 0 Å². The molecule has 1 aromatic carbocycles. The first-order valence-electron chi connectivity index (χ1n) is 5.59. The Labute approximate surface area is 122 Å². The molecule has 2 N–H and O–H groups in total. The summed E-state index contributed by atoms with van der Waals surface area (Å²) in [5.74, 6) is -1.09. The van der Waals surface area contributed by atoms with Gasteiger partial charge >= 0.3 is 14.8 Å². The minimum atomic E-state index is -2.64. The molecule has 0 aromatic heterocycles. The average Bonchev–Trinajstić information content (AvgIpc) is 2.51. The number of nitro benzene ring substituents is 1. The summed E-state index contributed by atoms with van der Waals surface area (Å²) in [5.41, 5.74) is -0.0689. The summed E-state index contributed by atoms with van der Waals surface area (Å²) >= 11 is 0. The maximum atomic E-state index is 10.3. The highest BCUT2D eigenvalue weighted by Gasteiger charge is 2.36. The second-order valence-corrected chi connectivity index (χ2v) is 6.47. The molecule has 1 aromatic rings. The lowest BCUT2D eigenvalue weighted by Crippen LogP contribution is -2.47. The lowest BCUT2D eigenvalue weighted by molar-refractivity contribution is -0.384. The van der Waals surface area contributed by atoms with Crippen LogP contribution in [0.1, 0.15) is 10.4 Å². The van der Waals surface area contributed by atoms with Gasteiger partial charge in [0.1, 0.15) is 6.23 Å². The number of hydrogen-bond donors (Lipinski definition) is 2. The van der Waals surface area contributed by atoms with Crippen molar-refractivity contribution in [3.8, 4) is 0 Å². The molecule has 10 heteroatoms. The van der Waals surface area contributed by atoms with Crippen LogP contribution in [0, 0.1) is 10.1 Å². The molecule has 0 atom stereocenters. The van der Waals surface area contributed by atoms with Crippen LogP contribution in [0.4, 0.5) is 5.69 Å². The van der Waals surface area contributed by atoms with Gasteiger partial charge in [-0.3, -0.25) is 10.1 Å². The molecule has 0 heterocycles. The van der Waals surface area contributed by atoms with Gasteiger partial charge in [0.15, 0.2) is 0 Å². The molecule has 21 heavy (non-hydrogen) atoms. The predicted molar refractivity (Wildman–Crippen MR) is 73.9 cm³/mol. The summed E-state index contributed by atoms with van der Waals surface area (Å²) in [6.07, 6.45) is -0.184. The Kier molecular flexibility index (Phi) is 8.34. The first-order valence-corrected chi connectivity index (χ1v) is 7.53. The van der Waals surface area contributed by atoms with E-state index in [-0.39, 0.29) is 17.5 Å². The number of carboxylic acids is 1. The van der Waals surface area contributed by atoms with Gasteiger partial charge in [0.05, 0.1) is 10.5 Å². The number of aliphatic hydroxyl groups is 1. The lowest BCUT2D eigenvalue weighted by Gasteiger charge is -2.21. The van der Waals surface area contributed by atoms with Crippen LogP contribution in [-0.2, 0) is 13.3 Å². The molecule has 118 valence electrons. The SMILES string of the molecule is CO[Si](CO)(OC)OC.O=C(O)c1ccc([N+](=O)[O-])cc1. The van der Waals surface area contributed by atoms with Gasteiger partial charge in [-0.25, -0.2) is 4.79 Å². The topological polar surface area (TPSA) is 128 Å². The van der Waals surface area contributed by atoms with E-state index in [9.17, 15) is 14.9 Å². The molecule has 0 saturated carbocycles. The smallest absolute Gasteiger partial charge is 0.478 e. The van der Waals surface area contributed by atoms with Crippen molar-refractivity contribution in [2.75, 3.05) is 27.6 Å². The van der Waals surface area contributed by atoms with Crippen molar-refractivity contribution in [3.63, 3.8) is 0 Å². The van der Waals surface area contributed by atoms with Crippen molar-refractivity contribution in [1.82, 2.24) is 0 Å². The minimum absolute atomic E-state index is 0.0422. The molecular formula is C11H17NO8Si.